The second kappa shape index (κ2) is 7.85. The highest BCUT2D eigenvalue weighted by Gasteiger charge is 2.19. The van der Waals surface area contributed by atoms with E-state index in [1.54, 1.807) is 10.8 Å². The average molecular weight is 436 g/mol. The molecule has 164 valence electrons. The summed E-state index contributed by atoms with van der Waals surface area (Å²) in [5.74, 6) is 1.59. The van der Waals surface area contributed by atoms with E-state index in [-0.39, 0.29) is 0 Å². The van der Waals surface area contributed by atoms with Gasteiger partial charge in [-0.2, -0.15) is 5.10 Å². The number of pyridine rings is 2. The van der Waals surface area contributed by atoms with Crippen molar-refractivity contribution in [3.8, 4) is 22.6 Å². The predicted molar refractivity (Wildman–Crippen MR) is 129 cm³/mol. The first kappa shape index (κ1) is 19.7. The standard InChI is InChI=1S/C26H25N7/c1-16-10-18-6-8-21(12-20(18)11-16)27-13-23-31-25(19-7-9-24-28-15-29-33(24)14-19)26(32-23)22-5-3-4-17(2)30-22/h3-9,12,14-16,27H,10-11,13H2,1-2H3,(H,31,32). The van der Waals surface area contributed by atoms with Crippen molar-refractivity contribution in [1.29, 1.82) is 0 Å². The smallest absolute Gasteiger partial charge is 0.155 e. The maximum Gasteiger partial charge on any atom is 0.155 e. The van der Waals surface area contributed by atoms with E-state index in [1.165, 1.54) is 17.5 Å². The minimum Gasteiger partial charge on any atom is -0.378 e. The molecule has 1 unspecified atom stereocenters. The van der Waals surface area contributed by atoms with Crippen LogP contribution in [0.2, 0.25) is 0 Å². The molecule has 5 aromatic rings. The Morgan fingerprint density at radius 1 is 1.06 bits per heavy atom. The Balaban J connectivity index is 1.34. The molecule has 0 spiro atoms. The highest BCUT2D eigenvalue weighted by atomic mass is 15.3. The van der Waals surface area contributed by atoms with E-state index < -0.39 is 0 Å². The molecule has 1 aliphatic rings. The third-order valence-electron chi connectivity index (χ3n) is 6.25. The summed E-state index contributed by atoms with van der Waals surface area (Å²) in [6, 6.07) is 16.7. The number of anilines is 1. The molecule has 7 nitrogen and oxygen atoms in total. The quantitative estimate of drug-likeness (QED) is 0.413. The lowest BCUT2D eigenvalue weighted by Crippen LogP contribution is -2.02. The van der Waals surface area contributed by atoms with Gasteiger partial charge >= 0.3 is 0 Å². The lowest BCUT2D eigenvalue weighted by molar-refractivity contribution is 0.628. The third-order valence-corrected chi connectivity index (χ3v) is 6.25. The van der Waals surface area contributed by atoms with Crippen LogP contribution in [0.4, 0.5) is 5.69 Å². The monoisotopic (exact) mass is 435 g/mol. The number of benzene rings is 1. The Bertz CT molecular complexity index is 1460. The summed E-state index contributed by atoms with van der Waals surface area (Å²) >= 11 is 0. The molecule has 0 saturated heterocycles. The van der Waals surface area contributed by atoms with Crippen LogP contribution in [0.1, 0.15) is 29.6 Å². The van der Waals surface area contributed by atoms with E-state index >= 15 is 0 Å². The maximum absolute atomic E-state index is 4.96. The molecule has 6 rings (SSSR count). The van der Waals surface area contributed by atoms with Crippen LogP contribution in [-0.4, -0.2) is 29.5 Å². The molecule has 0 bridgehead atoms. The number of fused-ring (bicyclic) bond motifs is 2. The normalized spacial score (nSPS) is 15.2. The second-order valence-electron chi connectivity index (χ2n) is 8.90. The number of aromatic nitrogens is 6. The van der Waals surface area contributed by atoms with Gasteiger partial charge in [0.15, 0.2) is 5.65 Å². The number of H-pyrrole nitrogens is 1. The fraction of sp³-hybridized carbons (Fsp3) is 0.231. The second-order valence-corrected chi connectivity index (χ2v) is 8.90. The molecule has 0 amide bonds. The number of hydrogen-bond donors (Lipinski definition) is 2. The van der Waals surface area contributed by atoms with Crippen LogP contribution >= 0.6 is 0 Å². The van der Waals surface area contributed by atoms with Crippen LogP contribution in [0.15, 0.2) is 61.1 Å². The molecule has 33 heavy (non-hydrogen) atoms. The molecule has 4 heterocycles. The largest absolute Gasteiger partial charge is 0.378 e. The van der Waals surface area contributed by atoms with E-state index in [9.17, 15) is 0 Å². The summed E-state index contributed by atoms with van der Waals surface area (Å²) < 4.78 is 1.76. The first-order chi connectivity index (χ1) is 16.1. The molecular weight excluding hydrogens is 410 g/mol. The van der Waals surface area contributed by atoms with E-state index in [2.05, 4.69) is 45.5 Å². The number of nitrogens with one attached hydrogen (secondary N) is 2. The fourth-order valence-corrected chi connectivity index (χ4v) is 4.67. The number of rotatable bonds is 5. The number of imidazole rings is 1. The van der Waals surface area contributed by atoms with Crippen LogP contribution in [0.3, 0.4) is 0 Å². The first-order valence-corrected chi connectivity index (χ1v) is 11.3. The van der Waals surface area contributed by atoms with Crippen LogP contribution in [-0.2, 0) is 19.4 Å². The molecule has 1 atom stereocenters. The van der Waals surface area contributed by atoms with Crippen molar-refractivity contribution in [2.45, 2.75) is 33.2 Å². The fourth-order valence-electron chi connectivity index (χ4n) is 4.67. The van der Waals surface area contributed by atoms with Gasteiger partial charge in [0, 0.05) is 23.1 Å². The van der Waals surface area contributed by atoms with Gasteiger partial charge in [-0.05, 0) is 73.2 Å². The van der Waals surface area contributed by atoms with Crippen molar-refractivity contribution in [3.63, 3.8) is 0 Å². The van der Waals surface area contributed by atoms with E-state index in [4.69, 9.17) is 9.97 Å². The minimum atomic E-state index is 0.596. The van der Waals surface area contributed by atoms with Crippen molar-refractivity contribution < 1.29 is 0 Å². The Morgan fingerprint density at radius 3 is 2.88 bits per heavy atom. The average Bonchev–Trinajstić information content (AvgIpc) is 3.54. The Hall–Kier alpha value is -4.00. The van der Waals surface area contributed by atoms with Crippen molar-refractivity contribution in [2.75, 3.05) is 5.32 Å². The van der Waals surface area contributed by atoms with Crippen molar-refractivity contribution in [3.05, 3.63) is 83.7 Å². The molecule has 1 aliphatic carbocycles. The van der Waals surface area contributed by atoms with Gasteiger partial charge in [0.2, 0.25) is 0 Å². The zero-order valence-electron chi connectivity index (χ0n) is 18.7. The van der Waals surface area contributed by atoms with Crippen LogP contribution < -0.4 is 5.32 Å². The van der Waals surface area contributed by atoms with E-state index in [0.29, 0.717) is 6.54 Å². The van der Waals surface area contributed by atoms with Crippen molar-refractivity contribution in [1.82, 2.24) is 29.5 Å². The summed E-state index contributed by atoms with van der Waals surface area (Å²) in [7, 11) is 0. The first-order valence-electron chi connectivity index (χ1n) is 11.3. The van der Waals surface area contributed by atoms with Gasteiger partial charge in [0.05, 0.1) is 23.6 Å². The van der Waals surface area contributed by atoms with Gasteiger partial charge in [0.25, 0.3) is 0 Å². The lowest BCUT2D eigenvalue weighted by atomic mass is 10.1. The Labute approximate surface area is 192 Å². The van der Waals surface area contributed by atoms with Crippen LogP contribution in [0.25, 0.3) is 28.3 Å². The Kier molecular flexibility index (Phi) is 4.68. The van der Waals surface area contributed by atoms with Crippen molar-refractivity contribution >= 4 is 11.3 Å². The number of hydrogen-bond acceptors (Lipinski definition) is 5. The molecule has 0 radical (unpaired) electrons. The maximum atomic E-state index is 4.96. The summed E-state index contributed by atoms with van der Waals surface area (Å²) in [6.07, 6.45) is 5.85. The summed E-state index contributed by atoms with van der Waals surface area (Å²) in [5.41, 5.74) is 9.41. The minimum absolute atomic E-state index is 0.596. The van der Waals surface area contributed by atoms with Gasteiger partial charge in [-0.3, -0.25) is 4.98 Å². The molecule has 2 N–H and O–H groups in total. The Morgan fingerprint density at radius 2 is 1.97 bits per heavy atom. The molecular formula is C26H25N7. The molecule has 0 aliphatic heterocycles. The molecule has 0 fully saturated rings. The highest BCUT2D eigenvalue weighted by molar-refractivity contribution is 5.77. The topological polar surface area (TPSA) is 83.8 Å². The number of aryl methyl sites for hydroxylation is 1. The summed E-state index contributed by atoms with van der Waals surface area (Å²) in [4.78, 5) is 17.4. The van der Waals surface area contributed by atoms with Gasteiger partial charge in [-0.1, -0.05) is 19.1 Å². The SMILES string of the molecule is Cc1cccc(-c2[nH]c(CNc3ccc4c(c3)CC(C)C4)nc2-c2ccc3ncnn3c2)n1. The van der Waals surface area contributed by atoms with Crippen LogP contribution in [0, 0.1) is 12.8 Å². The van der Waals surface area contributed by atoms with E-state index in [1.807, 2.05) is 43.5 Å². The number of nitrogens with zero attached hydrogens (tertiary/aromatic N) is 5. The molecule has 7 heteroatoms. The van der Waals surface area contributed by atoms with Gasteiger partial charge in [-0.15, -0.1) is 0 Å². The molecule has 0 saturated carbocycles. The summed E-state index contributed by atoms with van der Waals surface area (Å²) in [6.45, 7) is 4.91. The van der Waals surface area contributed by atoms with E-state index in [0.717, 1.165) is 57.8 Å². The number of aromatic amines is 1. The molecule has 1 aromatic carbocycles. The van der Waals surface area contributed by atoms with Crippen molar-refractivity contribution in [2.24, 2.45) is 5.92 Å². The third kappa shape index (κ3) is 3.75. The predicted octanol–water partition coefficient (Wildman–Crippen LogP) is 4.84. The van der Waals surface area contributed by atoms with Gasteiger partial charge < -0.3 is 10.3 Å². The van der Waals surface area contributed by atoms with Gasteiger partial charge in [0.1, 0.15) is 12.2 Å². The zero-order chi connectivity index (χ0) is 22.4. The highest BCUT2D eigenvalue weighted by Crippen LogP contribution is 2.31. The zero-order valence-corrected chi connectivity index (χ0v) is 18.7. The lowest BCUT2D eigenvalue weighted by Gasteiger charge is -2.07. The van der Waals surface area contributed by atoms with Crippen LogP contribution in [0.5, 0.6) is 0 Å². The summed E-state index contributed by atoms with van der Waals surface area (Å²) in [5, 5.41) is 7.82. The van der Waals surface area contributed by atoms with Gasteiger partial charge in [-0.25, -0.2) is 14.5 Å². The molecule has 4 aromatic heterocycles.